The molecule has 1 saturated heterocycles. The zero-order chi connectivity index (χ0) is 29.1. The van der Waals surface area contributed by atoms with Crippen LogP contribution < -0.4 is 5.32 Å². The summed E-state index contributed by atoms with van der Waals surface area (Å²) in [7, 11) is 0. The molecular formula is C30H30ClF3N6O. The Bertz CT molecular complexity index is 1560. The van der Waals surface area contributed by atoms with Crippen LogP contribution in [0.4, 0.5) is 24.7 Å². The molecule has 4 aromatic rings. The second-order valence-corrected chi connectivity index (χ2v) is 10.6. The minimum absolute atomic E-state index is 0.0441. The van der Waals surface area contributed by atoms with Gasteiger partial charge < -0.3 is 5.32 Å². The van der Waals surface area contributed by atoms with Gasteiger partial charge in [-0.25, -0.2) is 9.97 Å². The summed E-state index contributed by atoms with van der Waals surface area (Å²) in [6.07, 6.45) is -0.352. The molecule has 0 bridgehead atoms. The smallest absolute Gasteiger partial charge is 0.339 e. The van der Waals surface area contributed by atoms with Crippen molar-refractivity contribution in [1.29, 1.82) is 0 Å². The number of hydrogen-bond acceptors (Lipinski definition) is 6. The topological polar surface area (TPSA) is 75.9 Å². The molecule has 0 saturated carbocycles. The fourth-order valence-electron chi connectivity index (χ4n) is 4.97. The largest absolute Gasteiger partial charge is 0.416 e. The van der Waals surface area contributed by atoms with E-state index in [-0.39, 0.29) is 12.0 Å². The van der Waals surface area contributed by atoms with Crippen molar-refractivity contribution in [3.8, 4) is 5.82 Å². The minimum atomic E-state index is -4.55. The van der Waals surface area contributed by atoms with E-state index in [1.54, 1.807) is 28.9 Å². The van der Waals surface area contributed by atoms with E-state index in [1.165, 1.54) is 6.33 Å². The van der Waals surface area contributed by atoms with Gasteiger partial charge in [0.05, 0.1) is 22.0 Å². The first-order chi connectivity index (χ1) is 19.6. The quantitative estimate of drug-likeness (QED) is 0.215. The van der Waals surface area contributed by atoms with Crippen molar-refractivity contribution >= 4 is 28.9 Å². The van der Waals surface area contributed by atoms with E-state index in [9.17, 15) is 18.0 Å². The summed E-state index contributed by atoms with van der Waals surface area (Å²) in [6, 6.07) is 12.4. The Kier molecular flexibility index (Phi) is 8.42. The second kappa shape index (κ2) is 12.0. The Hall–Kier alpha value is -3.76. The normalized spacial score (nSPS) is 14.0. The third kappa shape index (κ3) is 6.94. The predicted molar refractivity (Wildman–Crippen MR) is 152 cm³/mol. The molecule has 11 heteroatoms. The van der Waals surface area contributed by atoms with E-state index in [2.05, 4.69) is 25.3 Å². The third-order valence-corrected chi connectivity index (χ3v) is 7.35. The molecule has 0 spiro atoms. The maximum Gasteiger partial charge on any atom is 0.416 e. The summed E-state index contributed by atoms with van der Waals surface area (Å²) in [5, 5.41) is 8.22. The monoisotopic (exact) mass is 582 g/mol. The molecule has 2 aromatic heterocycles. The lowest BCUT2D eigenvalue weighted by Crippen LogP contribution is -2.19. The number of rotatable bonds is 9. The molecule has 3 heterocycles. The number of hydrogen-bond donors (Lipinski definition) is 1. The molecule has 0 unspecified atom stereocenters. The number of Topliss-reactive ketones (excluding diaryl/α,β-unsaturated/α-hetero) is 1. The van der Waals surface area contributed by atoms with Crippen LogP contribution in [0, 0.1) is 6.92 Å². The average molecular weight is 583 g/mol. The summed E-state index contributed by atoms with van der Waals surface area (Å²) in [5.74, 6) is 0.795. The van der Waals surface area contributed by atoms with Gasteiger partial charge in [-0.2, -0.15) is 23.0 Å². The Morgan fingerprint density at radius 2 is 1.80 bits per heavy atom. The molecular weight excluding hydrogens is 553 g/mol. The number of nitrogens with zero attached hydrogens (tertiary/aromatic N) is 5. The Balaban J connectivity index is 1.39. The molecule has 5 rings (SSSR count). The van der Waals surface area contributed by atoms with E-state index in [0.29, 0.717) is 40.0 Å². The Morgan fingerprint density at radius 3 is 2.54 bits per heavy atom. The summed E-state index contributed by atoms with van der Waals surface area (Å²) in [5.41, 5.74) is 2.48. The highest BCUT2D eigenvalue weighted by atomic mass is 35.5. The van der Waals surface area contributed by atoms with Crippen LogP contribution in [-0.4, -0.2) is 43.5 Å². The molecule has 1 aliphatic heterocycles. The summed E-state index contributed by atoms with van der Waals surface area (Å²) in [4.78, 5) is 24.0. The van der Waals surface area contributed by atoms with E-state index in [0.717, 1.165) is 55.9 Å². The van der Waals surface area contributed by atoms with E-state index < -0.39 is 17.5 Å². The third-order valence-electron chi connectivity index (χ3n) is 7.03. The number of carbonyl (C=O) groups excluding carboxylic acids is 1. The molecule has 0 amide bonds. The number of nitrogens with one attached hydrogen (secondary N) is 1. The molecule has 1 fully saturated rings. The van der Waals surface area contributed by atoms with Crippen LogP contribution in [0.2, 0.25) is 5.02 Å². The van der Waals surface area contributed by atoms with Gasteiger partial charge in [-0.05, 0) is 80.7 Å². The highest BCUT2D eigenvalue weighted by Gasteiger charge is 2.32. The van der Waals surface area contributed by atoms with Gasteiger partial charge in [0, 0.05) is 36.4 Å². The van der Waals surface area contributed by atoms with Crippen molar-refractivity contribution < 1.29 is 18.0 Å². The average Bonchev–Trinajstić information content (AvgIpc) is 3.59. The van der Waals surface area contributed by atoms with E-state index >= 15 is 0 Å². The van der Waals surface area contributed by atoms with Crippen molar-refractivity contribution in [2.45, 2.75) is 52.3 Å². The van der Waals surface area contributed by atoms with Crippen LogP contribution in [0.3, 0.4) is 0 Å². The minimum Gasteiger partial charge on any atom is -0.339 e. The number of benzene rings is 2. The second-order valence-electron chi connectivity index (χ2n) is 10.2. The number of ketones is 1. The van der Waals surface area contributed by atoms with Gasteiger partial charge in [-0.3, -0.25) is 9.69 Å². The Labute approximate surface area is 241 Å². The van der Waals surface area contributed by atoms with Crippen LogP contribution in [0.15, 0.2) is 54.9 Å². The van der Waals surface area contributed by atoms with Gasteiger partial charge in [0.15, 0.2) is 11.6 Å². The first-order valence-corrected chi connectivity index (χ1v) is 13.9. The zero-order valence-electron chi connectivity index (χ0n) is 22.8. The van der Waals surface area contributed by atoms with E-state index in [4.69, 9.17) is 11.6 Å². The summed E-state index contributed by atoms with van der Waals surface area (Å²) >= 11 is 6.49. The number of anilines is 2. The Morgan fingerprint density at radius 1 is 1.02 bits per heavy atom. The molecule has 41 heavy (non-hydrogen) atoms. The summed E-state index contributed by atoms with van der Waals surface area (Å²) in [6.45, 7) is 5.93. The first-order valence-electron chi connectivity index (χ1n) is 13.5. The molecule has 0 radical (unpaired) electrons. The SMILES string of the molecule is CCc1cc(-n2nc(C)cc2Nc2cc(CC(=O)c3cc(CN4CCCC4)cc(C(F)(F)F)c3)ccc2Cl)ncn1. The number of halogens is 4. The number of likely N-dealkylation sites (tertiary alicyclic amines) is 1. The van der Waals surface area contributed by atoms with Crippen molar-refractivity contribution in [2.75, 3.05) is 18.4 Å². The van der Waals surface area contributed by atoms with Crippen molar-refractivity contribution in [1.82, 2.24) is 24.6 Å². The number of alkyl halides is 3. The van der Waals surface area contributed by atoms with Crippen LogP contribution in [0.1, 0.15) is 58.2 Å². The lowest BCUT2D eigenvalue weighted by molar-refractivity contribution is -0.137. The fourth-order valence-corrected chi connectivity index (χ4v) is 5.13. The lowest BCUT2D eigenvalue weighted by Gasteiger charge is -2.17. The molecule has 1 aliphatic rings. The molecule has 2 aromatic carbocycles. The fraction of sp³-hybridized carbons (Fsp3) is 0.333. The number of aryl methyl sites for hydroxylation is 2. The number of aromatic nitrogens is 4. The van der Waals surface area contributed by atoms with Gasteiger partial charge in [0.1, 0.15) is 12.1 Å². The first kappa shape index (κ1) is 28.8. The van der Waals surface area contributed by atoms with Crippen molar-refractivity contribution in [3.05, 3.63) is 93.5 Å². The maximum absolute atomic E-state index is 13.7. The highest BCUT2D eigenvalue weighted by Crippen LogP contribution is 2.32. The van der Waals surface area contributed by atoms with Gasteiger partial charge in [0.25, 0.3) is 0 Å². The zero-order valence-corrected chi connectivity index (χ0v) is 23.6. The van der Waals surface area contributed by atoms with Gasteiger partial charge in [-0.1, -0.05) is 24.6 Å². The van der Waals surface area contributed by atoms with E-state index in [1.807, 2.05) is 26.0 Å². The summed E-state index contributed by atoms with van der Waals surface area (Å²) < 4.78 is 42.7. The molecule has 214 valence electrons. The predicted octanol–water partition coefficient (Wildman–Crippen LogP) is 6.97. The van der Waals surface area contributed by atoms with Crippen LogP contribution in [0.5, 0.6) is 0 Å². The van der Waals surface area contributed by atoms with Gasteiger partial charge in [-0.15, -0.1) is 0 Å². The standard InChI is InChI=1S/C30H30ClF3N6O/c1-3-24-16-28(36-18-35-24)40-29(10-19(2)38-40)37-26-13-20(6-7-25(26)31)14-27(41)22-11-21(17-39-8-4-5-9-39)12-23(15-22)30(32,33)34/h6-7,10-13,15-16,18,37H,3-5,8-9,14,17H2,1-2H3. The molecule has 0 atom stereocenters. The van der Waals surface area contributed by atoms with Gasteiger partial charge in [0.2, 0.25) is 0 Å². The highest BCUT2D eigenvalue weighted by molar-refractivity contribution is 6.33. The molecule has 0 aliphatic carbocycles. The van der Waals surface area contributed by atoms with Crippen LogP contribution in [-0.2, 0) is 25.6 Å². The lowest BCUT2D eigenvalue weighted by atomic mass is 9.98. The van der Waals surface area contributed by atoms with Crippen molar-refractivity contribution in [2.24, 2.45) is 0 Å². The molecule has 7 nitrogen and oxygen atoms in total. The van der Waals surface area contributed by atoms with Gasteiger partial charge >= 0.3 is 6.18 Å². The van der Waals surface area contributed by atoms with Crippen LogP contribution >= 0.6 is 11.6 Å². The van der Waals surface area contributed by atoms with Crippen LogP contribution in [0.25, 0.3) is 5.82 Å². The van der Waals surface area contributed by atoms with Crippen molar-refractivity contribution in [3.63, 3.8) is 0 Å². The number of carbonyl (C=O) groups is 1. The maximum atomic E-state index is 13.7. The molecule has 1 N–H and O–H groups in total.